The predicted molar refractivity (Wildman–Crippen MR) is 83.0 cm³/mol. The number of aryl methyl sites for hydroxylation is 1. The fourth-order valence-electron chi connectivity index (χ4n) is 1.83. The Bertz CT molecular complexity index is 616. The second-order valence-electron chi connectivity index (χ2n) is 4.19. The third-order valence-corrected chi connectivity index (χ3v) is 3.84. The molecule has 0 aliphatic carbocycles. The van der Waals surface area contributed by atoms with E-state index in [1.54, 1.807) is 25.3 Å². The van der Waals surface area contributed by atoms with Crippen molar-refractivity contribution in [3.8, 4) is 5.75 Å². The van der Waals surface area contributed by atoms with Crippen molar-refractivity contribution >= 4 is 37.6 Å². The van der Waals surface area contributed by atoms with Crippen molar-refractivity contribution in [1.82, 2.24) is 0 Å². The van der Waals surface area contributed by atoms with Gasteiger partial charge in [0.1, 0.15) is 5.75 Å². The maximum Gasteiger partial charge on any atom is 0.194 e. The average Bonchev–Trinajstić information content (AvgIpc) is 2.36. The van der Waals surface area contributed by atoms with Crippen molar-refractivity contribution in [2.45, 2.75) is 6.92 Å². The highest BCUT2D eigenvalue weighted by Gasteiger charge is 2.14. The minimum Gasteiger partial charge on any atom is -0.497 e. The van der Waals surface area contributed by atoms with Crippen LogP contribution in [0.4, 0.5) is 0 Å². The molecule has 0 radical (unpaired) electrons. The second-order valence-corrected chi connectivity index (χ2v) is 5.96. The molecule has 0 heterocycles. The first-order valence-electron chi connectivity index (χ1n) is 5.66. The Kier molecular flexibility index (Phi) is 4.42. The summed E-state index contributed by atoms with van der Waals surface area (Å²) in [6.07, 6.45) is 0. The highest BCUT2D eigenvalue weighted by Crippen LogP contribution is 2.26. The van der Waals surface area contributed by atoms with Crippen molar-refractivity contribution < 1.29 is 9.53 Å². The highest BCUT2D eigenvalue weighted by atomic mass is 79.9. The molecule has 0 atom stereocenters. The normalized spacial score (nSPS) is 10.3. The van der Waals surface area contributed by atoms with Crippen LogP contribution in [0.1, 0.15) is 21.5 Å². The SMILES string of the molecule is COc1ccc(C(=O)c2cc(C)cc(Br)c2)c(Br)c1. The minimum atomic E-state index is -0.0149. The van der Waals surface area contributed by atoms with E-state index in [4.69, 9.17) is 4.74 Å². The lowest BCUT2D eigenvalue weighted by Crippen LogP contribution is -2.03. The van der Waals surface area contributed by atoms with Crippen LogP contribution in [0.5, 0.6) is 5.75 Å². The summed E-state index contributed by atoms with van der Waals surface area (Å²) in [6.45, 7) is 1.96. The van der Waals surface area contributed by atoms with Crippen LogP contribution in [0.15, 0.2) is 45.3 Å². The van der Waals surface area contributed by atoms with Gasteiger partial charge < -0.3 is 4.74 Å². The van der Waals surface area contributed by atoms with Gasteiger partial charge in [0, 0.05) is 20.1 Å². The Hall–Kier alpha value is -1.13. The van der Waals surface area contributed by atoms with E-state index in [9.17, 15) is 4.79 Å². The fourth-order valence-corrected chi connectivity index (χ4v) is 2.98. The molecule has 0 fully saturated rings. The largest absolute Gasteiger partial charge is 0.497 e. The maximum atomic E-state index is 12.5. The Morgan fingerprint density at radius 2 is 1.84 bits per heavy atom. The van der Waals surface area contributed by atoms with Crippen LogP contribution in [0.3, 0.4) is 0 Å². The summed E-state index contributed by atoms with van der Waals surface area (Å²) in [5, 5.41) is 0. The molecule has 0 unspecified atom stereocenters. The van der Waals surface area contributed by atoms with E-state index in [1.165, 1.54) is 0 Å². The van der Waals surface area contributed by atoms with E-state index in [0.29, 0.717) is 16.9 Å². The number of methoxy groups -OCH3 is 1. The van der Waals surface area contributed by atoms with Gasteiger partial charge in [0.05, 0.1) is 7.11 Å². The summed E-state index contributed by atoms with van der Waals surface area (Å²) in [7, 11) is 1.60. The topological polar surface area (TPSA) is 26.3 Å². The molecule has 0 aromatic heterocycles. The molecule has 0 bridgehead atoms. The summed E-state index contributed by atoms with van der Waals surface area (Å²) in [6, 6.07) is 11.0. The molecule has 0 spiro atoms. The van der Waals surface area contributed by atoms with E-state index in [2.05, 4.69) is 31.9 Å². The number of carbonyl (C=O) groups is 1. The van der Waals surface area contributed by atoms with Crippen LogP contribution in [0.25, 0.3) is 0 Å². The van der Waals surface area contributed by atoms with Crippen molar-refractivity contribution in [3.05, 3.63) is 62.0 Å². The molecule has 0 saturated heterocycles. The van der Waals surface area contributed by atoms with E-state index < -0.39 is 0 Å². The monoisotopic (exact) mass is 382 g/mol. The smallest absolute Gasteiger partial charge is 0.194 e. The van der Waals surface area contributed by atoms with Crippen molar-refractivity contribution in [1.29, 1.82) is 0 Å². The molecule has 0 saturated carbocycles. The highest BCUT2D eigenvalue weighted by molar-refractivity contribution is 9.10. The van der Waals surface area contributed by atoms with Gasteiger partial charge in [0.2, 0.25) is 0 Å². The summed E-state index contributed by atoms with van der Waals surface area (Å²) in [5.74, 6) is 0.702. The number of carbonyl (C=O) groups excluding carboxylic acids is 1. The summed E-state index contributed by atoms with van der Waals surface area (Å²) >= 11 is 6.82. The third-order valence-electron chi connectivity index (χ3n) is 2.73. The number of benzene rings is 2. The van der Waals surface area contributed by atoms with Gasteiger partial charge in [-0.2, -0.15) is 0 Å². The molecule has 0 aliphatic rings. The van der Waals surface area contributed by atoms with Gasteiger partial charge in [-0.3, -0.25) is 4.79 Å². The number of hydrogen-bond donors (Lipinski definition) is 0. The molecule has 0 aliphatic heterocycles. The first-order chi connectivity index (χ1) is 9.01. The molecule has 2 aromatic carbocycles. The van der Waals surface area contributed by atoms with Gasteiger partial charge in [-0.05, 0) is 64.8 Å². The van der Waals surface area contributed by atoms with Crippen LogP contribution in [-0.4, -0.2) is 12.9 Å². The zero-order chi connectivity index (χ0) is 14.0. The van der Waals surface area contributed by atoms with Crippen LogP contribution >= 0.6 is 31.9 Å². The molecule has 2 nitrogen and oxygen atoms in total. The first kappa shape index (κ1) is 14.3. The molecule has 2 rings (SSSR count). The van der Waals surface area contributed by atoms with Gasteiger partial charge >= 0.3 is 0 Å². The lowest BCUT2D eigenvalue weighted by Gasteiger charge is -2.07. The maximum absolute atomic E-state index is 12.5. The van der Waals surface area contributed by atoms with Gasteiger partial charge in [-0.15, -0.1) is 0 Å². The van der Waals surface area contributed by atoms with Crippen LogP contribution in [0, 0.1) is 6.92 Å². The molecule has 0 amide bonds. The Morgan fingerprint density at radius 3 is 2.42 bits per heavy atom. The fraction of sp³-hybridized carbons (Fsp3) is 0.133. The molecule has 4 heteroatoms. The quantitative estimate of drug-likeness (QED) is 0.714. The molecule has 98 valence electrons. The van der Waals surface area contributed by atoms with Crippen LogP contribution < -0.4 is 4.74 Å². The van der Waals surface area contributed by atoms with Crippen LogP contribution in [-0.2, 0) is 0 Å². The number of hydrogen-bond acceptors (Lipinski definition) is 2. The molecule has 0 N–H and O–H groups in total. The van der Waals surface area contributed by atoms with Gasteiger partial charge in [-0.1, -0.05) is 15.9 Å². The van der Waals surface area contributed by atoms with E-state index in [-0.39, 0.29) is 5.78 Å². The number of ketones is 1. The zero-order valence-corrected chi connectivity index (χ0v) is 13.7. The number of rotatable bonds is 3. The van der Waals surface area contributed by atoms with Crippen molar-refractivity contribution in [2.24, 2.45) is 0 Å². The summed E-state index contributed by atoms with van der Waals surface area (Å²) in [4.78, 5) is 12.5. The van der Waals surface area contributed by atoms with E-state index >= 15 is 0 Å². The lowest BCUT2D eigenvalue weighted by molar-refractivity contribution is 0.103. The van der Waals surface area contributed by atoms with Gasteiger partial charge in [-0.25, -0.2) is 0 Å². The molecule has 19 heavy (non-hydrogen) atoms. The third kappa shape index (κ3) is 3.25. The van der Waals surface area contributed by atoms with Crippen molar-refractivity contribution in [2.75, 3.05) is 7.11 Å². The van der Waals surface area contributed by atoms with Gasteiger partial charge in [0.25, 0.3) is 0 Å². The average molecular weight is 384 g/mol. The lowest BCUT2D eigenvalue weighted by atomic mass is 10.0. The van der Waals surface area contributed by atoms with E-state index in [1.807, 2.05) is 25.1 Å². The first-order valence-corrected chi connectivity index (χ1v) is 7.25. The van der Waals surface area contributed by atoms with E-state index in [0.717, 1.165) is 14.5 Å². The molecule has 2 aromatic rings. The second kappa shape index (κ2) is 5.88. The Labute approximate surface area is 129 Å². The van der Waals surface area contributed by atoms with Crippen molar-refractivity contribution in [3.63, 3.8) is 0 Å². The van der Waals surface area contributed by atoms with Crippen LogP contribution in [0.2, 0.25) is 0 Å². The summed E-state index contributed by atoms with van der Waals surface area (Å²) in [5.41, 5.74) is 2.33. The summed E-state index contributed by atoms with van der Waals surface area (Å²) < 4.78 is 6.76. The molecular weight excluding hydrogens is 372 g/mol. The van der Waals surface area contributed by atoms with Gasteiger partial charge in [0.15, 0.2) is 5.78 Å². The minimum absolute atomic E-state index is 0.0149. The predicted octanol–water partition coefficient (Wildman–Crippen LogP) is 4.76. The zero-order valence-electron chi connectivity index (χ0n) is 10.5. The molecular formula is C15H12Br2O2. The Balaban J connectivity index is 2.44. The number of halogens is 2. The number of ether oxygens (including phenoxy) is 1. The standard InChI is InChI=1S/C15H12Br2O2/c1-9-5-10(7-11(16)6-9)15(18)13-4-3-12(19-2)8-14(13)17/h3-8H,1-2H3. The Morgan fingerprint density at radius 1 is 1.11 bits per heavy atom.